The molecule has 3 heteroatoms. The van der Waals surface area contributed by atoms with Crippen LogP contribution in [-0.4, -0.2) is 14.1 Å². The zero-order chi connectivity index (χ0) is 37.0. The molecule has 8 aromatic carbocycles. The van der Waals surface area contributed by atoms with Gasteiger partial charge in [-0.05, 0) is 106 Å². The highest BCUT2D eigenvalue weighted by Gasteiger charge is 2.16. The Morgan fingerprint density at radius 1 is 0.268 bits per heavy atom. The van der Waals surface area contributed by atoms with E-state index in [1.54, 1.807) is 0 Å². The summed E-state index contributed by atoms with van der Waals surface area (Å²) >= 11 is 0. The van der Waals surface area contributed by atoms with Gasteiger partial charge in [-0.25, -0.2) is 0 Å². The third kappa shape index (κ3) is 5.32. The second-order valence-corrected chi connectivity index (χ2v) is 14.4. The van der Waals surface area contributed by atoms with Crippen molar-refractivity contribution in [2.75, 3.05) is 0 Å². The molecule has 11 rings (SSSR count). The highest BCUT2D eigenvalue weighted by atomic mass is 15.0. The number of hydrogen-bond acceptors (Lipinski definition) is 1. The Bertz CT molecular complexity index is 3230. The molecule has 3 heterocycles. The van der Waals surface area contributed by atoms with E-state index < -0.39 is 0 Å². The number of aromatic nitrogens is 3. The van der Waals surface area contributed by atoms with Crippen molar-refractivity contribution in [1.29, 1.82) is 0 Å². The smallest absolute Gasteiger partial charge is 0.0708 e. The lowest BCUT2D eigenvalue weighted by Gasteiger charge is -2.11. The molecule has 3 nitrogen and oxygen atoms in total. The largest absolute Gasteiger partial charge is 0.309 e. The fraction of sp³-hybridized carbons (Fsp3) is 0. The standard InChI is InChI=1S/C53H35N3/c1-3-12-36(13-4-1)37-22-24-38(25-23-37)41-30-31-54-49(35-41)42-14-11-17-44(32-42)56-51-21-10-8-19-46(51)48-34-40(27-29-53(48)56)39-26-28-52-47(33-39)45-18-7-9-20-50(45)55(52)43-15-5-2-6-16-43/h1-35H. The zero-order valence-corrected chi connectivity index (χ0v) is 30.5. The fourth-order valence-electron chi connectivity index (χ4n) is 8.50. The average molecular weight is 714 g/mol. The summed E-state index contributed by atoms with van der Waals surface area (Å²) in [5.41, 5.74) is 16.2. The summed E-state index contributed by atoms with van der Waals surface area (Å²) in [6.45, 7) is 0. The van der Waals surface area contributed by atoms with Crippen molar-refractivity contribution in [3.63, 3.8) is 0 Å². The molecule has 3 aromatic heterocycles. The molecule has 0 amide bonds. The predicted molar refractivity (Wildman–Crippen MR) is 235 cm³/mol. The summed E-state index contributed by atoms with van der Waals surface area (Å²) in [6.07, 6.45) is 1.92. The third-order valence-corrected chi connectivity index (χ3v) is 11.2. The monoisotopic (exact) mass is 713 g/mol. The summed E-state index contributed by atoms with van der Waals surface area (Å²) in [5.74, 6) is 0. The molecular weight excluding hydrogens is 679 g/mol. The minimum absolute atomic E-state index is 0.948. The molecule has 0 saturated heterocycles. The van der Waals surface area contributed by atoms with Gasteiger partial charge in [-0.1, -0.05) is 133 Å². The summed E-state index contributed by atoms with van der Waals surface area (Å²) < 4.78 is 4.76. The second kappa shape index (κ2) is 13.1. The SMILES string of the molecule is c1ccc(-c2ccc(-c3ccnc(-c4cccc(-n5c6ccccc6c6cc(-c7ccc8c(c7)c7ccccc7n8-c7ccccc7)ccc65)c4)c3)cc2)cc1. The number of fused-ring (bicyclic) bond motifs is 6. The molecule has 0 N–H and O–H groups in total. The minimum atomic E-state index is 0.948. The molecule has 0 atom stereocenters. The van der Waals surface area contributed by atoms with E-state index in [1.807, 2.05) is 6.20 Å². The molecule has 0 saturated carbocycles. The molecule has 0 spiro atoms. The van der Waals surface area contributed by atoms with Gasteiger partial charge in [0.1, 0.15) is 0 Å². The van der Waals surface area contributed by atoms with Gasteiger partial charge >= 0.3 is 0 Å². The lowest BCUT2D eigenvalue weighted by Crippen LogP contribution is -1.95. The van der Waals surface area contributed by atoms with E-state index in [-0.39, 0.29) is 0 Å². The first-order valence-corrected chi connectivity index (χ1v) is 19.1. The molecule has 0 radical (unpaired) electrons. The first-order chi connectivity index (χ1) is 27.8. The highest BCUT2D eigenvalue weighted by Crippen LogP contribution is 2.39. The van der Waals surface area contributed by atoms with Gasteiger partial charge in [0, 0.05) is 44.7 Å². The molecule has 0 bridgehead atoms. The van der Waals surface area contributed by atoms with Crippen molar-refractivity contribution >= 4 is 43.6 Å². The van der Waals surface area contributed by atoms with Crippen LogP contribution in [0.25, 0.3) is 99.6 Å². The fourth-order valence-corrected chi connectivity index (χ4v) is 8.50. The van der Waals surface area contributed by atoms with Crippen LogP contribution in [0.4, 0.5) is 0 Å². The summed E-state index contributed by atoms with van der Waals surface area (Å²) in [7, 11) is 0. The van der Waals surface area contributed by atoms with Crippen LogP contribution in [0.15, 0.2) is 212 Å². The molecule has 0 unspecified atom stereocenters. The number of para-hydroxylation sites is 3. The van der Waals surface area contributed by atoms with Gasteiger partial charge < -0.3 is 9.13 Å². The summed E-state index contributed by atoms with van der Waals surface area (Å²) in [4.78, 5) is 4.84. The van der Waals surface area contributed by atoms with Crippen molar-refractivity contribution in [3.05, 3.63) is 212 Å². The zero-order valence-electron chi connectivity index (χ0n) is 30.5. The normalized spacial score (nSPS) is 11.6. The van der Waals surface area contributed by atoms with Crippen LogP contribution in [0.5, 0.6) is 0 Å². The van der Waals surface area contributed by atoms with Crippen molar-refractivity contribution in [3.8, 4) is 56.0 Å². The predicted octanol–water partition coefficient (Wildman–Crippen LogP) is 13.9. The van der Waals surface area contributed by atoms with E-state index >= 15 is 0 Å². The van der Waals surface area contributed by atoms with E-state index in [0.717, 1.165) is 22.5 Å². The van der Waals surface area contributed by atoms with E-state index in [9.17, 15) is 0 Å². The van der Waals surface area contributed by atoms with Gasteiger partial charge in [0.25, 0.3) is 0 Å². The maximum absolute atomic E-state index is 4.84. The lowest BCUT2D eigenvalue weighted by molar-refractivity contribution is 1.18. The number of pyridine rings is 1. The van der Waals surface area contributed by atoms with Gasteiger partial charge in [-0.2, -0.15) is 0 Å². The van der Waals surface area contributed by atoms with Crippen LogP contribution in [0.2, 0.25) is 0 Å². The highest BCUT2D eigenvalue weighted by molar-refractivity contribution is 6.12. The van der Waals surface area contributed by atoms with E-state index in [4.69, 9.17) is 4.98 Å². The Morgan fingerprint density at radius 2 is 0.714 bits per heavy atom. The quantitative estimate of drug-likeness (QED) is 0.168. The van der Waals surface area contributed by atoms with E-state index in [1.165, 1.54) is 77.1 Å². The van der Waals surface area contributed by atoms with Crippen molar-refractivity contribution in [1.82, 2.24) is 14.1 Å². The lowest BCUT2D eigenvalue weighted by atomic mass is 9.99. The van der Waals surface area contributed by atoms with Crippen molar-refractivity contribution < 1.29 is 0 Å². The van der Waals surface area contributed by atoms with Crippen LogP contribution in [0.1, 0.15) is 0 Å². The maximum Gasteiger partial charge on any atom is 0.0708 e. The number of benzene rings is 8. The van der Waals surface area contributed by atoms with E-state index in [0.29, 0.717) is 0 Å². The molecule has 0 aliphatic heterocycles. The van der Waals surface area contributed by atoms with Gasteiger partial charge in [0.15, 0.2) is 0 Å². The summed E-state index contributed by atoms with van der Waals surface area (Å²) in [6, 6.07) is 74.3. The first-order valence-electron chi connectivity index (χ1n) is 19.1. The topological polar surface area (TPSA) is 22.8 Å². The van der Waals surface area contributed by atoms with Gasteiger partial charge in [-0.3, -0.25) is 4.98 Å². The number of rotatable bonds is 6. The van der Waals surface area contributed by atoms with Crippen LogP contribution >= 0.6 is 0 Å². The van der Waals surface area contributed by atoms with Gasteiger partial charge in [0.05, 0.1) is 27.8 Å². The Kier molecular flexibility index (Phi) is 7.49. The maximum atomic E-state index is 4.84. The molecule has 0 fully saturated rings. The van der Waals surface area contributed by atoms with Gasteiger partial charge in [-0.15, -0.1) is 0 Å². The Labute approximate surface area is 325 Å². The van der Waals surface area contributed by atoms with E-state index in [2.05, 4.69) is 215 Å². The second-order valence-electron chi connectivity index (χ2n) is 14.4. The Balaban J connectivity index is 0.984. The third-order valence-electron chi connectivity index (χ3n) is 11.2. The molecule has 0 aliphatic rings. The Hall–Kier alpha value is -7.49. The molecule has 0 aliphatic carbocycles. The van der Waals surface area contributed by atoms with Gasteiger partial charge in [0.2, 0.25) is 0 Å². The molecule has 262 valence electrons. The Morgan fingerprint density at radius 3 is 1.36 bits per heavy atom. The van der Waals surface area contributed by atoms with Crippen LogP contribution in [0, 0.1) is 0 Å². The molecule has 11 aromatic rings. The molecular formula is C53H35N3. The minimum Gasteiger partial charge on any atom is -0.309 e. The molecule has 56 heavy (non-hydrogen) atoms. The van der Waals surface area contributed by atoms with Crippen molar-refractivity contribution in [2.45, 2.75) is 0 Å². The number of nitrogens with zero attached hydrogens (tertiary/aromatic N) is 3. The van der Waals surface area contributed by atoms with Crippen LogP contribution in [0.3, 0.4) is 0 Å². The number of hydrogen-bond donors (Lipinski definition) is 0. The van der Waals surface area contributed by atoms with Crippen LogP contribution < -0.4 is 0 Å². The summed E-state index contributed by atoms with van der Waals surface area (Å²) in [5, 5.41) is 4.97. The van der Waals surface area contributed by atoms with Crippen molar-refractivity contribution in [2.24, 2.45) is 0 Å². The average Bonchev–Trinajstić information content (AvgIpc) is 3.79. The first kappa shape index (κ1) is 32.0. The van der Waals surface area contributed by atoms with Crippen LogP contribution in [-0.2, 0) is 0 Å².